The topological polar surface area (TPSA) is 83.0 Å². The molecule has 0 amide bonds. The normalized spacial score (nSPS) is 11.8. The van der Waals surface area contributed by atoms with Gasteiger partial charge in [-0.3, -0.25) is 4.98 Å². The molecule has 0 fully saturated rings. The molecule has 0 unspecified atom stereocenters. The Balaban J connectivity index is 2.00. The van der Waals surface area contributed by atoms with E-state index in [4.69, 9.17) is 0 Å². The molecule has 0 aliphatic rings. The van der Waals surface area contributed by atoms with Crippen molar-refractivity contribution >= 4 is 33.4 Å². The predicted molar refractivity (Wildman–Crippen MR) is 108 cm³/mol. The summed E-state index contributed by atoms with van der Waals surface area (Å²) in [7, 11) is 0. The lowest BCUT2D eigenvalue weighted by Crippen LogP contribution is -2.21. The van der Waals surface area contributed by atoms with Crippen LogP contribution in [0.5, 0.6) is 0 Å². The fraction of sp³-hybridized carbons (Fsp3) is 0.211. The third-order valence-corrected chi connectivity index (χ3v) is 4.74. The molecule has 0 aliphatic carbocycles. The third-order valence-electron chi connectivity index (χ3n) is 3.88. The Morgan fingerprint density at radius 3 is 2.65 bits per heavy atom. The van der Waals surface area contributed by atoms with Gasteiger partial charge < -0.3 is 15.7 Å². The first-order valence-corrected chi connectivity index (χ1v) is 9.05. The molecule has 0 aliphatic heterocycles. The molecule has 7 heteroatoms. The van der Waals surface area contributed by atoms with Crippen LogP contribution < -0.4 is 10.6 Å². The number of anilines is 3. The van der Waals surface area contributed by atoms with Crippen LogP contribution in [0.15, 0.2) is 53.3 Å². The van der Waals surface area contributed by atoms with Crippen molar-refractivity contribution in [3.63, 3.8) is 0 Å². The fourth-order valence-electron chi connectivity index (χ4n) is 2.39. The number of pyridine rings is 1. The van der Waals surface area contributed by atoms with Gasteiger partial charge in [0.2, 0.25) is 5.95 Å². The number of aromatic nitrogens is 3. The van der Waals surface area contributed by atoms with Gasteiger partial charge in [-0.25, -0.2) is 4.98 Å². The molecule has 1 aromatic carbocycles. The molecule has 0 spiro atoms. The largest absolute Gasteiger partial charge is 0.394 e. The van der Waals surface area contributed by atoms with Crippen LogP contribution in [0.3, 0.4) is 0 Å². The molecule has 26 heavy (non-hydrogen) atoms. The minimum atomic E-state index is -0.150. The number of aliphatic hydroxyl groups is 1. The monoisotopic (exact) mass is 413 g/mol. The van der Waals surface area contributed by atoms with E-state index >= 15 is 0 Å². The van der Waals surface area contributed by atoms with Gasteiger partial charge in [0.1, 0.15) is 5.82 Å². The number of nitrogens with zero attached hydrogens (tertiary/aromatic N) is 3. The molecule has 3 N–H and O–H groups in total. The van der Waals surface area contributed by atoms with E-state index in [2.05, 4.69) is 41.5 Å². The minimum Gasteiger partial charge on any atom is -0.394 e. The second kappa shape index (κ2) is 8.25. The number of rotatable bonds is 6. The fourth-order valence-corrected chi connectivity index (χ4v) is 2.76. The summed E-state index contributed by atoms with van der Waals surface area (Å²) in [6.07, 6.45) is 3.46. The molecule has 2 aromatic heterocycles. The van der Waals surface area contributed by atoms with Gasteiger partial charge in [-0.2, -0.15) is 4.98 Å². The number of benzene rings is 1. The Bertz CT molecular complexity index is 888. The van der Waals surface area contributed by atoms with Crippen LogP contribution in [0.2, 0.25) is 0 Å². The molecule has 3 aromatic rings. The van der Waals surface area contributed by atoms with Crippen molar-refractivity contribution in [2.45, 2.75) is 19.9 Å². The van der Waals surface area contributed by atoms with E-state index in [1.807, 2.05) is 50.2 Å². The molecule has 0 bridgehead atoms. The van der Waals surface area contributed by atoms with Crippen LogP contribution in [-0.2, 0) is 0 Å². The van der Waals surface area contributed by atoms with Crippen LogP contribution >= 0.6 is 15.9 Å². The van der Waals surface area contributed by atoms with Gasteiger partial charge in [0, 0.05) is 40.2 Å². The summed E-state index contributed by atoms with van der Waals surface area (Å²) < 4.78 is 1.03. The lowest BCUT2D eigenvalue weighted by Gasteiger charge is -2.15. The highest BCUT2D eigenvalue weighted by molar-refractivity contribution is 9.10. The van der Waals surface area contributed by atoms with Crippen LogP contribution in [0.4, 0.5) is 17.5 Å². The second-order valence-electron chi connectivity index (χ2n) is 5.96. The van der Waals surface area contributed by atoms with Crippen molar-refractivity contribution in [2.75, 3.05) is 17.2 Å². The molecular formula is C19H20BrN5O. The molecule has 0 radical (unpaired) electrons. The van der Waals surface area contributed by atoms with Crippen molar-refractivity contribution in [1.29, 1.82) is 0 Å². The highest BCUT2D eigenvalue weighted by atomic mass is 79.9. The summed E-state index contributed by atoms with van der Waals surface area (Å²) >= 11 is 3.55. The number of hydrogen-bond donors (Lipinski definition) is 3. The van der Waals surface area contributed by atoms with E-state index in [1.54, 1.807) is 12.4 Å². The van der Waals surface area contributed by atoms with Crippen LogP contribution in [0.1, 0.15) is 12.5 Å². The van der Waals surface area contributed by atoms with Crippen molar-refractivity contribution in [2.24, 2.45) is 0 Å². The van der Waals surface area contributed by atoms with Crippen LogP contribution in [0, 0.1) is 6.92 Å². The van der Waals surface area contributed by atoms with Crippen LogP contribution in [0.25, 0.3) is 11.3 Å². The van der Waals surface area contributed by atoms with Gasteiger partial charge in [-0.05, 0) is 43.7 Å². The zero-order chi connectivity index (χ0) is 18.5. The zero-order valence-electron chi connectivity index (χ0n) is 14.6. The smallest absolute Gasteiger partial charge is 0.225 e. The number of halogens is 1. The van der Waals surface area contributed by atoms with E-state index in [-0.39, 0.29) is 12.6 Å². The van der Waals surface area contributed by atoms with Crippen molar-refractivity contribution in [3.8, 4) is 11.3 Å². The molecular weight excluding hydrogens is 394 g/mol. The lowest BCUT2D eigenvalue weighted by atomic mass is 10.2. The van der Waals surface area contributed by atoms with Gasteiger partial charge in [0.25, 0.3) is 0 Å². The van der Waals surface area contributed by atoms with Gasteiger partial charge >= 0.3 is 0 Å². The minimum absolute atomic E-state index is 0.00362. The first-order valence-electron chi connectivity index (χ1n) is 8.26. The standard InChI is InChI=1S/C19H20BrN5O/c1-12(11-26)22-19-24-17(14-6-8-21-9-7-14)10-18(25-19)23-16-5-3-4-15(20)13(16)2/h3-10,12,26H,11H2,1-2H3,(H2,22,23,24,25)/t12-/m0/s1. The third kappa shape index (κ3) is 4.36. The van der Waals surface area contributed by atoms with Gasteiger partial charge in [0.15, 0.2) is 0 Å². The average molecular weight is 414 g/mol. The van der Waals surface area contributed by atoms with E-state index in [1.165, 1.54) is 0 Å². The van der Waals surface area contributed by atoms with Crippen molar-refractivity contribution in [1.82, 2.24) is 15.0 Å². The molecule has 134 valence electrons. The first kappa shape index (κ1) is 18.3. The number of nitrogens with one attached hydrogen (secondary N) is 2. The SMILES string of the molecule is Cc1c(Br)cccc1Nc1cc(-c2ccncc2)nc(N[C@@H](C)CO)n1. The maximum Gasteiger partial charge on any atom is 0.225 e. The summed E-state index contributed by atoms with van der Waals surface area (Å²) in [5.41, 5.74) is 3.76. The maximum absolute atomic E-state index is 9.31. The summed E-state index contributed by atoms with van der Waals surface area (Å²) in [6, 6.07) is 11.5. The van der Waals surface area contributed by atoms with Gasteiger partial charge in [-0.1, -0.05) is 22.0 Å². The van der Waals surface area contributed by atoms with Gasteiger partial charge in [0.05, 0.1) is 12.3 Å². The summed E-state index contributed by atoms with van der Waals surface area (Å²) in [5, 5.41) is 15.8. The summed E-state index contributed by atoms with van der Waals surface area (Å²) in [4.78, 5) is 13.2. The van der Waals surface area contributed by atoms with E-state index in [9.17, 15) is 5.11 Å². The number of aliphatic hydroxyl groups excluding tert-OH is 1. The highest BCUT2D eigenvalue weighted by Crippen LogP contribution is 2.28. The Morgan fingerprint density at radius 1 is 1.15 bits per heavy atom. The summed E-state index contributed by atoms with van der Waals surface area (Å²) in [5.74, 6) is 1.12. The van der Waals surface area contributed by atoms with Gasteiger partial charge in [-0.15, -0.1) is 0 Å². The Labute approximate surface area is 160 Å². The van der Waals surface area contributed by atoms with E-state index in [0.29, 0.717) is 11.8 Å². The highest BCUT2D eigenvalue weighted by Gasteiger charge is 2.10. The molecule has 1 atom stereocenters. The predicted octanol–water partition coefficient (Wildman–Crippen LogP) is 4.15. The van der Waals surface area contributed by atoms with Crippen LogP contribution in [-0.4, -0.2) is 32.7 Å². The second-order valence-corrected chi connectivity index (χ2v) is 6.82. The first-order chi connectivity index (χ1) is 12.6. The van der Waals surface area contributed by atoms with E-state index < -0.39 is 0 Å². The summed E-state index contributed by atoms with van der Waals surface area (Å²) in [6.45, 7) is 3.90. The van der Waals surface area contributed by atoms with E-state index in [0.717, 1.165) is 27.0 Å². The molecule has 0 saturated carbocycles. The Kier molecular flexibility index (Phi) is 5.80. The molecule has 0 saturated heterocycles. The number of hydrogen-bond acceptors (Lipinski definition) is 6. The molecule has 3 rings (SSSR count). The molecule has 6 nitrogen and oxygen atoms in total. The lowest BCUT2D eigenvalue weighted by molar-refractivity contribution is 0.281. The average Bonchev–Trinajstić information content (AvgIpc) is 2.66. The molecule has 2 heterocycles. The quantitative estimate of drug-likeness (QED) is 0.562. The zero-order valence-corrected chi connectivity index (χ0v) is 16.2. The Morgan fingerprint density at radius 2 is 1.92 bits per heavy atom. The maximum atomic E-state index is 9.31. The van der Waals surface area contributed by atoms with Crippen molar-refractivity contribution in [3.05, 3.63) is 58.8 Å². The van der Waals surface area contributed by atoms with Crippen molar-refractivity contribution < 1.29 is 5.11 Å². The Hall–Kier alpha value is -2.51.